The largest absolute Gasteiger partial charge is 0.479 e. The summed E-state index contributed by atoms with van der Waals surface area (Å²) in [6.07, 6.45) is 3.24. The van der Waals surface area contributed by atoms with Gasteiger partial charge in [0.15, 0.2) is 0 Å². The van der Waals surface area contributed by atoms with Crippen LogP contribution in [0.4, 0.5) is 0 Å². The number of ether oxygens (including phenoxy) is 1. The SMILES string of the molecule is [B]c1ccc2ncc3[nH]c(=O)n(-c4cccnc4OC)c3c2c1. The molecule has 23 heavy (non-hydrogen) atoms. The Hall–Kier alpha value is -3.09. The monoisotopic (exact) mass is 302 g/mol. The summed E-state index contributed by atoms with van der Waals surface area (Å²) < 4.78 is 6.82. The molecule has 110 valence electrons. The van der Waals surface area contributed by atoms with Crippen molar-refractivity contribution in [2.45, 2.75) is 0 Å². The molecule has 0 bridgehead atoms. The molecule has 0 aliphatic rings. The number of aromatic amines is 1. The summed E-state index contributed by atoms with van der Waals surface area (Å²) in [6.45, 7) is 0. The Morgan fingerprint density at radius 1 is 1.26 bits per heavy atom. The summed E-state index contributed by atoms with van der Waals surface area (Å²) >= 11 is 0. The van der Waals surface area contributed by atoms with Gasteiger partial charge in [0.05, 0.1) is 29.9 Å². The topological polar surface area (TPSA) is 72.8 Å². The summed E-state index contributed by atoms with van der Waals surface area (Å²) in [6, 6.07) is 8.94. The van der Waals surface area contributed by atoms with Crippen LogP contribution in [0.15, 0.2) is 47.5 Å². The zero-order valence-electron chi connectivity index (χ0n) is 12.3. The van der Waals surface area contributed by atoms with Gasteiger partial charge < -0.3 is 9.72 Å². The van der Waals surface area contributed by atoms with E-state index in [1.165, 1.54) is 11.7 Å². The van der Waals surface area contributed by atoms with Crippen molar-refractivity contribution < 1.29 is 4.74 Å². The first-order valence-electron chi connectivity index (χ1n) is 6.97. The summed E-state index contributed by atoms with van der Waals surface area (Å²) in [7, 11) is 7.42. The summed E-state index contributed by atoms with van der Waals surface area (Å²) in [5.74, 6) is 0.365. The molecule has 3 aromatic heterocycles. The minimum absolute atomic E-state index is 0.289. The van der Waals surface area contributed by atoms with E-state index < -0.39 is 0 Å². The second-order valence-corrected chi connectivity index (χ2v) is 5.09. The molecule has 0 fully saturated rings. The second-order valence-electron chi connectivity index (χ2n) is 5.09. The lowest BCUT2D eigenvalue weighted by atomic mass is 9.94. The van der Waals surface area contributed by atoms with Crippen LogP contribution < -0.4 is 15.9 Å². The van der Waals surface area contributed by atoms with Crippen molar-refractivity contribution in [3.8, 4) is 11.6 Å². The highest BCUT2D eigenvalue weighted by Crippen LogP contribution is 2.26. The fourth-order valence-corrected chi connectivity index (χ4v) is 2.74. The molecule has 4 aromatic rings. The number of fused-ring (bicyclic) bond motifs is 3. The Balaban J connectivity index is 2.20. The quantitative estimate of drug-likeness (QED) is 0.562. The number of H-pyrrole nitrogens is 1. The van der Waals surface area contributed by atoms with Gasteiger partial charge in [-0.1, -0.05) is 17.6 Å². The third-order valence-corrected chi connectivity index (χ3v) is 3.72. The van der Waals surface area contributed by atoms with Crippen molar-refractivity contribution in [2.24, 2.45) is 0 Å². The van der Waals surface area contributed by atoms with Crippen LogP contribution in [-0.2, 0) is 0 Å². The van der Waals surface area contributed by atoms with Crippen molar-refractivity contribution in [3.05, 3.63) is 53.2 Å². The minimum Gasteiger partial charge on any atom is -0.479 e. The normalized spacial score (nSPS) is 11.2. The number of hydrogen-bond donors (Lipinski definition) is 1. The maximum absolute atomic E-state index is 12.5. The van der Waals surface area contributed by atoms with Gasteiger partial charge in [-0.15, -0.1) is 0 Å². The molecule has 2 radical (unpaired) electrons. The lowest BCUT2D eigenvalue weighted by molar-refractivity contribution is 0.396. The third kappa shape index (κ3) is 2.01. The van der Waals surface area contributed by atoms with Gasteiger partial charge in [0.2, 0.25) is 5.88 Å². The molecule has 0 aliphatic carbocycles. The molecular weight excluding hydrogens is 291 g/mol. The number of benzene rings is 1. The highest BCUT2D eigenvalue weighted by Gasteiger charge is 2.16. The molecule has 7 heteroatoms. The van der Waals surface area contributed by atoms with Crippen LogP contribution in [0.3, 0.4) is 0 Å². The van der Waals surface area contributed by atoms with Crippen molar-refractivity contribution in [1.82, 2.24) is 19.5 Å². The van der Waals surface area contributed by atoms with E-state index in [9.17, 15) is 4.79 Å². The summed E-state index contributed by atoms with van der Waals surface area (Å²) in [4.78, 5) is 23.8. The van der Waals surface area contributed by atoms with Gasteiger partial charge in [-0.3, -0.25) is 9.55 Å². The number of nitrogens with zero attached hydrogens (tertiary/aromatic N) is 3. The standard InChI is InChI=1S/C16H11BN4O2/c1-23-15-13(3-2-6-18-15)21-14-10-7-9(17)4-5-11(10)19-8-12(14)20-16(21)22/h2-8H,1H3,(H,20,22). The molecule has 0 amide bonds. The fraction of sp³-hybridized carbons (Fsp3) is 0.0625. The Labute approximate surface area is 132 Å². The number of aromatic nitrogens is 4. The molecular formula is C16H11BN4O2. The average Bonchev–Trinajstić information content (AvgIpc) is 2.91. The van der Waals surface area contributed by atoms with E-state index in [4.69, 9.17) is 12.6 Å². The maximum atomic E-state index is 12.5. The molecule has 0 aliphatic heterocycles. The van der Waals surface area contributed by atoms with Crippen LogP contribution in [0, 0.1) is 0 Å². The lowest BCUT2D eigenvalue weighted by Crippen LogP contribution is -2.16. The fourth-order valence-electron chi connectivity index (χ4n) is 2.74. The van der Waals surface area contributed by atoms with E-state index in [0.717, 1.165) is 10.9 Å². The number of hydrogen-bond acceptors (Lipinski definition) is 4. The van der Waals surface area contributed by atoms with Crippen LogP contribution in [0.5, 0.6) is 5.88 Å². The molecule has 4 rings (SSSR count). The van der Waals surface area contributed by atoms with Crippen molar-refractivity contribution in [1.29, 1.82) is 0 Å². The van der Waals surface area contributed by atoms with Crippen LogP contribution in [-0.4, -0.2) is 34.5 Å². The first kappa shape index (κ1) is 13.6. The van der Waals surface area contributed by atoms with E-state index in [1.54, 1.807) is 36.7 Å². The van der Waals surface area contributed by atoms with Crippen LogP contribution >= 0.6 is 0 Å². The van der Waals surface area contributed by atoms with E-state index >= 15 is 0 Å². The lowest BCUT2D eigenvalue weighted by Gasteiger charge is -2.09. The van der Waals surface area contributed by atoms with E-state index in [0.29, 0.717) is 28.1 Å². The zero-order valence-corrected chi connectivity index (χ0v) is 12.3. The number of pyridine rings is 2. The van der Waals surface area contributed by atoms with Gasteiger partial charge in [-0.05, 0) is 18.2 Å². The molecule has 0 unspecified atom stereocenters. The molecule has 0 spiro atoms. The first-order chi connectivity index (χ1) is 11.2. The minimum atomic E-state index is -0.289. The van der Waals surface area contributed by atoms with Crippen molar-refractivity contribution in [2.75, 3.05) is 7.11 Å². The van der Waals surface area contributed by atoms with E-state index in [2.05, 4.69) is 15.0 Å². The van der Waals surface area contributed by atoms with Crippen LogP contribution in [0.2, 0.25) is 0 Å². The third-order valence-electron chi connectivity index (χ3n) is 3.72. The van der Waals surface area contributed by atoms with Gasteiger partial charge in [-0.25, -0.2) is 9.78 Å². The molecule has 0 atom stereocenters. The van der Waals surface area contributed by atoms with Crippen LogP contribution in [0.1, 0.15) is 0 Å². The highest BCUT2D eigenvalue weighted by molar-refractivity contribution is 6.33. The zero-order chi connectivity index (χ0) is 16.0. The number of nitrogens with one attached hydrogen (secondary N) is 1. The molecule has 1 N–H and O–H groups in total. The second kappa shape index (κ2) is 4.98. The predicted octanol–water partition coefficient (Wildman–Crippen LogP) is 1.06. The first-order valence-corrected chi connectivity index (χ1v) is 6.97. The Bertz CT molecular complexity index is 1100. The van der Waals surface area contributed by atoms with Gasteiger partial charge in [0.25, 0.3) is 0 Å². The highest BCUT2D eigenvalue weighted by atomic mass is 16.5. The average molecular weight is 302 g/mol. The summed E-state index contributed by atoms with van der Waals surface area (Å²) in [5.41, 5.74) is 2.94. The Morgan fingerprint density at radius 3 is 2.96 bits per heavy atom. The number of rotatable bonds is 2. The van der Waals surface area contributed by atoms with Gasteiger partial charge in [0, 0.05) is 11.6 Å². The smallest absolute Gasteiger partial charge is 0.331 e. The summed E-state index contributed by atoms with van der Waals surface area (Å²) in [5, 5.41) is 0.784. The molecule has 6 nitrogen and oxygen atoms in total. The molecule has 3 heterocycles. The van der Waals surface area contributed by atoms with Gasteiger partial charge in [0.1, 0.15) is 13.5 Å². The van der Waals surface area contributed by atoms with E-state index in [1.807, 2.05) is 6.07 Å². The number of imidazole rings is 1. The van der Waals surface area contributed by atoms with Crippen molar-refractivity contribution in [3.63, 3.8) is 0 Å². The van der Waals surface area contributed by atoms with Gasteiger partial charge in [-0.2, -0.15) is 0 Å². The van der Waals surface area contributed by atoms with Crippen molar-refractivity contribution >= 4 is 35.2 Å². The Morgan fingerprint density at radius 2 is 2.13 bits per heavy atom. The molecule has 1 aromatic carbocycles. The van der Waals surface area contributed by atoms with E-state index in [-0.39, 0.29) is 5.69 Å². The van der Waals surface area contributed by atoms with Gasteiger partial charge >= 0.3 is 5.69 Å². The Kier molecular flexibility index (Phi) is 2.94. The molecule has 0 saturated heterocycles. The maximum Gasteiger partial charge on any atom is 0.331 e. The number of methoxy groups -OCH3 is 1. The predicted molar refractivity (Wildman–Crippen MR) is 88.9 cm³/mol. The van der Waals surface area contributed by atoms with Crippen LogP contribution in [0.25, 0.3) is 27.6 Å². The molecule has 0 saturated carbocycles.